The molecule has 0 saturated heterocycles. The number of rotatable bonds is 5. The van der Waals surface area contributed by atoms with E-state index < -0.39 is 11.7 Å². The molecule has 0 aliphatic rings. The summed E-state index contributed by atoms with van der Waals surface area (Å²) >= 11 is 3.34. The second kappa shape index (κ2) is 10.3. The van der Waals surface area contributed by atoms with Crippen LogP contribution in [0.2, 0.25) is 0 Å². The fraction of sp³-hybridized carbons (Fsp3) is 0.269. The summed E-state index contributed by atoms with van der Waals surface area (Å²) in [5.74, 6) is 0.179. The maximum atomic E-state index is 12.8. The molecule has 0 saturated carbocycles. The highest BCUT2D eigenvalue weighted by atomic mass is 79.9. The van der Waals surface area contributed by atoms with Crippen LogP contribution in [0, 0.1) is 13.8 Å². The first-order valence-corrected chi connectivity index (χ1v) is 11.5. The van der Waals surface area contributed by atoms with E-state index in [-0.39, 0.29) is 11.6 Å². The molecule has 3 rings (SSSR count). The van der Waals surface area contributed by atoms with Gasteiger partial charge in [0.1, 0.15) is 17.0 Å². The quantitative estimate of drug-likeness (QED) is 0.385. The minimum Gasteiger partial charge on any atom is -0.495 e. The number of anilines is 2. The molecule has 0 unspecified atom stereocenters. The Morgan fingerprint density at radius 2 is 1.50 bits per heavy atom. The van der Waals surface area contributed by atoms with Gasteiger partial charge in [-0.05, 0) is 84.9 Å². The van der Waals surface area contributed by atoms with Crippen LogP contribution in [0.1, 0.15) is 42.4 Å². The number of methoxy groups -OCH3 is 1. The maximum absolute atomic E-state index is 12.8. The van der Waals surface area contributed by atoms with E-state index in [2.05, 4.69) is 31.5 Å². The molecular formula is C26H28BrN3O4. The second-order valence-corrected chi connectivity index (χ2v) is 9.60. The standard InChI is InChI=1S/C26H28BrN3O4/c1-15-17(18-10-8-12-21(16(18)2)30-25(32)34-26(3,4)5)9-7-11-20(15)29-24(31)22-13-23(33-6)19(27)14-28-22/h7-14H,1-6H3,(H,29,31)(H,30,32). The van der Waals surface area contributed by atoms with Crippen LogP contribution < -0.4 is 15.4 Å². The van der Waals surface area contributed by atoms with E-state index in [1.54, 1.807) is 6.07 Å². The summed E-state index contributed by atoms with van der Waals surface area (Å²) in [4.78, 5) is 29.3. The summed E-state index contributed by atoms with van der Waals surface area (Å²) in [5.41, 5.74) is 4.62. The summed E-state index contributed by atoms with van der Waals surface area (Å²) in [5, 5.41) is 5.76. The van der Waals surface area contributed by atoms with Crippen molar-refractivity contribution in [2.45, 2.75) is 40.2 Å². The Hall–Kier alpha value is -3.39. The molecular weight excluding hydrogens is 498 g/mol. The Bertz CT molecular complexity index is 1240. The van der Waals surface area contributed by atoms with Crippen molar-refractivity contribution in [3.8, 4) is 16.9 Å². The van der Waals surface area contributed by atoms with Crippen molar-refractivity contribution in [3.63, 3.8) is 0 Å². The third-order valence-corrected chi connectivity index (χ3v) is 5.71. The number of nitrogens with one attached hydrogen (secondary N) is 2. The number of amides is 2. The largest absolute Gasteiger partial charge is 0.495 e. The minimum atomic E-state index is -0.591. The van der Waals surface area contributed by atoms with Gasteiger partial charge in [0.05, 0.1) is 11.6 Å². The zero-order valence-electron chi connectivity index (χ0n) is 20.1. The molecule has 0 radical (unpaired) electrons. The molecule has 2 amide bonds. The van der Waals surface area contributed by atoms with E-state index in [1.165, 1.54) is 13.3 Å². The number of halogens is 1. The van der Waals surface area contributed by atoms with Gasteiger partial charge in [-0.25, -0.2) is 9.78 Å². The molecule has 0 aliphatic carbocycles. The summed E-state index contributed by atoms with van der Waals surface area (Å²) in [6.07, 6.45) is 1.02. The maximum Gasteiger partial charge on any atom is 0.412 e. The van der Waals surface area contributed by atoms with E-state index >= 15 is 0 Å². The fourth-order valence-corrected chi connectivity index (χ4v) is 3.81. The van der Waals surface area contributed by atoms with Gasteiger partial charge in [0.15, 0.2) is 0 Å². The lowest BCUT2D eigenvalue weighted by atomic mass is 9.94. The first kappa shape index (κ1) is 25.2. The van der Waals surface area contributed by atoms with Gasteiger partial charge in [-0.3, -0.25) is 10.1 Å². The number of benzene rings is 2. The van der Waals surface area contributed by atoms with Crippen LogP contribution in [0.3, 0.4) is 0 Å². The molecule has 2 N–H and O–H groups in total. The molecule has 8 heteroatoms. The molecule has 3 aromatic rings. The van der Waals surface area contributed by atoms with E-state index in [0.717, 1.165) is 22.3 Å². The number of pyridine rings is 1. The number of aromatic nitrogens is 1. The smallest absolute Gasteiger partial charge is 0.412 e. The van der Waals surface area contributed by atoms with Gasteiger partial charge in [-0.15, -0.1) is 0 Å². The van der Waals surface area contributed by atoms with Crippen LogP contribution in [0.15, 0.2) is 53.1 Å². The SMILES string of the molecule is COc1cc(C(=O)Nc2cccc(-c3cccc(NC(=O)OC(C)(C)C)c3C)c2C)ncc1Br. The predicted molar refractivity (Wildman–Crippen MR) is 138 cm³/mol. The molecule has 0 bridgehead atoms. The number of carbonyl (C=O) groups excluding carboxylic acids is 2. The van der Waals surface area contributed by atoms with Crippen LogP contribution in [0.25, 0.3) is 11.1 Å². The molecule has 0 atom stereocenters. The Morgan fingerprint density at radius 1 is 0.941 bits per heavy atom. The van der Waals surface area contributed by atoms with Gasteiger partial charge in [-0.2, -0.15) is 0 Å². The summed E-state index contributed by atoms with van der Waals surface area (Å²) in [7, 11) is 1.53. The van der Waals surface area contributed by atoms with E-state index in [0.29, 0.717) is 21.6 Å². The zero-order chi connectivity index (χ0) is 25.0. The van der Waals surface area contributed by atoms with Gasteiger partial charge < -0.3 is 14.8 Å². The van der Waals surface area contributed by atoms with Crippen LogP contribution in [-0.4, -0.2) is 29.7 Å². The minimum absolute atomic E-state index is 0.240. The van der Waals surface area contributed by atoms with Gasteiger partial charge in [0.25, 0.3) is 5.91 Å². The molecule has 178 valence electrons. The van der Waals surface area contributed by atoms with Crippen molar-refractivity contribution in [3.05, 3.63) is 70.0 Å². The summed E-state index contributed by atoms with van der Waals surface area (Å²) in [6, 6.07) is 12.9. The van der Waals surface area contributed by atoms with Crippen molar-refractivity contribution >= 4 is 39.3 Å². The number of ether oxygens (including phenoxy) is 2. The average molecular weight is 526 g/mol. The van der Waals surface area contributed by atoms with Gasteiger partial charge >= 0.3 is 6.09 Å². The molecule has 0 aliphatic heterocycles. The molecule has 1 aromatic heterocycles. The van der Waals surface area contributed by atoms with Crippen molar-refractivity contribution in [2.24, 2.45) is 0 Å². The van der Waals surface area contributed by atoms with Crippen LogP contribution >= 0.6 is 15.9 Å². The van der Waals surface area contributed by atoms with E-state index in [9.17, 15) is 9.59 Å². The second-order valence-electron chi connectivity index (χ2n) is 8.74. The normalized spacial score (nSPS) is 11.0. The molecule has 34 heavy (non-hydrogen) atoms. The van der Waals surface area contributed by atoms with Crippen LogP contribution in [0.5, 0.6) is 5.75 Å². The third-order valence-electron chi connectivity index (χ3n) is 5.11. The Morgan fingerprint density at radius 3 is 2.03 bits per heavy atom. The monoisotopic (exact) mass is 525 g/mol. The molecule has 1 heterocycles. The molecule has 0 spiro atoms. The number of carbonyl (C=O) groups is 2. The highest BCUT2D eigenvalue weighted by Crippen LogP contribution is 2.34. The Balaban J connectivity index is 1.89. The number of nitrogens with zero attached hydrogens (tertiary/aromatic N) is 1. The molecule has 0 fully saturated rings. The van der Waals surface area contributed by atoms with Gasteiger partial charge in [0.2, 0.25) is 0 Å². The summed E-state index contributed by atoms with van der Waals surface area (Å²) < 4.78 is 11.3. The highest BCUT2D eigenvalue weighted by molar-refractivity contribution is 9.10. The lowest BCUT2D eigenvalue weighted by Gasteiger charge is -2.21. The molecule has 7 nitrogen and oxygen atoms in total. The van der Waals surface area contributed by atoms with Crippen molar-refractivity contribution in [2.75, 3.05) is 17.7 Å². The third kappa shape index (κ3) is 5.94. The van der Waals surface area contributed by atoms with E-state index in [1.807, 2.05) is 71.0 Å². The lowest BCUT2D eigenvalue weighted by Crippen LogP contribution is -2.27. The average Bonchev–Trinajstić information content (AvgIpc) is 2.76. The zero-order valence-corrected chi connectivity index (χ0v) is 21.7. The molecule has 2 aromatic carbocycles. The number of hydrogen-bond acceptors (Lipinski definition) is 5. The summed E-state index contributed by atoms with van der Waals surface area (Å²) in [6.45, 7) is 9.33. The lowest BCUT2D eigenvalue weighted by molar-refractivity contribution is 0.0635. The van der Waals surface area contributed by atoms with Crippen LogP contribution in [-0.2, 0) is 4.74 Å². The van der Waals surface area contributed by atoms with Gasteiger partial charge in [0, 0.05) is 23.6 Å². The topological polar surface area (TPSA) is 89.6 Å². The fourth-order valence-electron chi connectivity index (χ4n) is 3.43. The van der Waals surface area contributed by atoms with Crippen molar-refractivity contribution in [1.29, 1.82) is 0 Å². The van der Waals surface area contributed by atoms with Gasteiger partial charge in [-0.1, -0.05) is 24.3 Å². The van der Waals surface area contributed by atoms with Crippen LogP contribution in [0.4, 0.5) is 16.2 Å². The highest BCUT2D eigenvalue weighted by Gasteiger charge is 2.19. The first-order valence-electron chi connectivity index (χ1n) is 10.7. The first-order chi connectivity index (χ1) is 16.0. The van der Waals surface area contributed by atoms with Crippen molar-refractivity contribution < 1.29 is 19.1 Å². The predicted octanol–water partition coefficient (Wildman–Crippen LogP) is 6.74. The van der Waals surface area contributed by atoms with Crippen molar-refractivity contribution in [1.82, 2.24) is 4.98 Å². The Kier molecular flexibility index (Phi) is 7.61. The van der Waals surface area contributed by atoms with E-state index in [4.69, 9.17) is 9.47 Å². The number of hydrogen-bond donors (Lipinski definition) is 2. The Labute approximate surface area is 208 Å².